The summed E-state index contributed by atoms with van der Waals surface area (Å²) in [6, 6.07) is 3.91. The topological polar surface area (TPSA) is 42.4 Å². The van der Waals surface area contributed by atoms with Gasteiger partial charge in [0.25, 0.3) is 0 Å². The van der Waals surface area contributed by atoms with Gasteiger partial charge in [0.2, 0.25) is 5.91 Å². The summed E-state index contributed by atoms with van der Waals surface area (Å²) < 4.78 is 6.02. The molecular weight excluding hydrogens is 276 g/mol. The molecule has 0 unspecified atom stereocenters. The summed E-state index contributed by atoms with van der Waals surface area (Å²) in [7, 11) is 0. The Labute approximate surface area is 132 Å². The highest BCUT2D eigenvalue weighted by Crippen LogP contribution is 2.33. The van der Waals surface area contributed by atoms with Crippen LogP contribution in [0.3, 0.4) is 0 Å². The number of piperidine rings is 1. The number of carbonyl (C=O) groups is 1. The molecule has 0 saturated carbocycles. The molecule has 3 heterocycles. The Kier molecular flexibility index (Phi) is 4.30. The molecule has 1 aromatic heterocycles. The smallest absolute Gasteiger partial charge is 0.228 e. The molecule has 1 saturated heterocycles. The molecular formula is C18H24N2O2. The van der Waals surface area contributed by atoms with Gasteiger partial charge in [0.05, 0.1) is 24.3 Å². The van der Waals surface area contributed by atoms with Crippen LogP contribution in [0.4, 0.5) is 0 Å². The molecule has 0 bridgehead atoms. The van der Waals surface area contributed by atoms with Gasteiger partial charge in [-0.3, -0.25) is 9.78 Å². The van der Waals surface area contributed by atoms with E-state index in [-0.39, 0.29) is 11.5 Å². The summed E-state index contributed by atoms with van der Waals surface area (Å²) >= 11 is 0. The van der Waals surface area contributed by atoms with Crippen molar-refractivity contribution in [2.24, 2.45) is 0 Å². The number of rotatable bonds is 2. The molecule has 2 aliphatic heterocycles. The first kappa shape index (κ1) is 15.2. The Morgan fingerprint density at radius 3 is 2.82 bits per heavy atom. The van der Waals surface area contributed by atoms with Gasteiger partial charge in [0.15, 0.2) is 0 Å². The first-order valence-electron chi connectivity index (χ1n) is 8.09. The SMILES string of the molecule is CC1=CC2(CCN(C(=O)Cc3ncccc3C)CC2)OCC1. The number of pyridine rings is 1. The standard InChI is InChI=1S/C18H24N2O2/c1-14-5-11-22-18(13-14)6-9-20(10-7-18)17(21)12-16-15(2)4-3-8-19-16/h3-4,8,13H,5-7,9-12H2,1-2H3. The molecule has 4 heteroatoms. The Balaban J connectivity index is 1.61. The zero-order chi connectivity index (χ0) is 15.6. The fourth-order valence-electron chi connectivity index (χ4n) is 3.36. The second-order valence-electron chi connectivity index (χ2n) is 6.48. The molecule has 22 heavy (non-hydrogen) atoms. The average molecular weight is 300 g/mol. The summed E-state index contributed by atoms with van der Waals surface area (Å²) in [5, 5.41) is 0. The van der Waals surface area contributed by atoms with Gasteiger partial charge in [-0.2, -0.15) is 0 Å². The van der Waals surface area contributed by atoms with E-state index in [1.54, 1.807) is 6.20 Å². The van der Waals surface area contributed by atoms with Crippen LogP contribution in [0.5, 0.6) is 0 Å². The third-order valence-corrected chi connectivity index (χ3v) is 4.79. The zero-order valence-electron chi connectivity index (χ0n) is 13.5. The maximum absolute atomic E-state index is 12.5. The normalized spacial score (nSPS) is 20.8. The van der Waals surface area contributed by atoms with Gasteiger partial charge in [0, 0.05) is 19.3 Å². The fraction of sp³-hybridized carbons (Fsp3) is 0.556. The number of carbonyl (C=O) groups excluding carboxylic acids is 1. The molecule has 0 radical (unpaired) electrons. The third kappa shape index (κ3) is 3.22. The van der Waals surface area contributed by atoms with Crippen LogP contribution in [0.15, 0.2) is 30.0 Å². The molecule has 0 atom stereocenters. The van der Waals surface area contributed by atoms with Crippen LogP contribution in [0.1, 0.15) is 37.4 Å². The van der Waals surface area contributed by atoms with Gasteiger partial charge in [-0.15, -0.1) is 0 Å². The summed E-state index contributed by atoms with van der Waals surface area (Å²) in [4.78, 5) is 18.8. The molecule has 2 aliphatic rings. The van der Waals surface area contributed by atoms with Crippen LogP contribution in [-0.2, 0) is 16.0 Å². The second kappa shape index (κ2) is 6.21. The van der Waals surface area contributed by atoms with Gasteiger partial charge in [-0.25, -0.2) is 0 Å². The van der Waals surface area contributed by atoms with E-state index in [1.807, 2.05) is 24.0 Å². The van der Waals surface area contributed by atoms with E-state index in [9.17, 15) is 4.79 Å². The number of nitrogens with zero attached hydrogens (tertiary/aromatic N) is 2. The van der Waals surface area contributed by atoms with E-state index in [0.717, 1.165) is 50.2 Å². The monoisotopic (exact) mass is 300 g/mol. The minimum atomic E-state index is -0.125. The lowest BCUT2D eigenvalue weighted by atomic mass is 9.87. The van der Waals surface area contributed by atoms with Crippen LogP contribution in [0.25, 0.3) is 0 Å². The number of aryl methyl sites for hydroxylation is 1. The van der Waals surface area contributed by atoms with Gasteiger partial charge in [-0.1, -0.05) is 17.7 Å². The van der Waals surface area contributed by atoms with Gasteiger partial charge < -0.3 is 9.64 Å². The van der Waals surface area contributed by atoms with Crippen molar-refractivity contribution in [3.63, 3.8) is 0 Å². The Hall–Kier alpha value is -1.68. The highest BCUT2D eigenvalue weighted by Gasteiger charge is 2.36. The highest BCUT2D eigenvalue weighted by atomic mass is 16.5. The number of aromatic nitrogens is 1. The minimum Gasteiger partial charge on any atom is -0.370 e. The maximum Gasteiger partial charge on any atom is 0.228 e. The van der Waals surface area contributed by atoms with Crippen molar-refractivity contribution < 1.29 is 9.53 Å². The molecule has 1 fully saturated rings. The Morgan fingerprint density at radius 2 is 2.14 bits per heavy atom. The van der Waals surface area contributed by atoms with Crippen LogP contribution >= 0.6 is 0 Å². The van der Waals surface area contributed by atoms with Crippen LogP contribution in [0.2, 0.25) is 0 Å². The quantitative estimate of drug-likeness (QED) is 0.789. The second-order valence-corrected chi connectivity index (χ2v) is 6.48. The largest absolute Gasteiger partial charge is 0.370 e. The van der Waals surface area contributed by atoms with E-state index in [2.05, 4.69) is 18.0 Å². The summed E-state index contributed by atoms with van der Waals surface area (Å²) in [6.07, 6.45) is 7.26. The van der Waals surface area contributed by atoms with Crippen molar-refractivity contribution in [3.05, 3.63) is 41.2 Å². The van der Waals surface area contributed by atoms with Crippen molar-refractivity contribution in [1.82, 2.24) is 9.88 Å². The first-order valence-corrected chi connectivity index (χ1v) is 8.09. The van der Waals surface area contributed by atoms with E-state index in [4.69, 9.17) is 4.74 Å². The number of amides is 1. The summed E-state index contributed by atoms with van der Waals surface area (Å²) in [5.74, 6) is 0.174. The number of hydrogen-bond donors (Lipinski definition) is 0. The lowest BCUT2D eigenvalue weighted by Crippen LogP contribution is -2.48. The van der Waals surface area contributed by atoms with Crippen molar-refractivity contribution in [2.45, 2.75) is 45.1 Å². The predicted molar refractivity (Wildman–Crippen MR) is 85.5 cm³/mol. The van der Waals surface area contributed by atoms with E-state index in [0.29, 0.717) is 6.42 Å². The lowest BCUT2D eigenvalue weighted by molar-refractivity contribution is -0.135. The number of likely N-dealkylation sites (tertiary alicyclic amines) is 1. The molecule has 1 aromatic rings. The predicted octanol–water partition coefficient (Wildman–Crippen LogP) is 2.66. The Bertz CT molecular complexity index is 587. The van der Waals surface area contributed by atoms with Gasteiger partial charge >= 0.3 is 0 Å². The molecule has 0 aromatic carbocycles. The van der Waals surface area contributed by atoms with Crippen LogP contribution in [-0.4, -0.2) is 41.1 Å². The van der Waals surface area contributed by atoms with Crippen molar-refractivity contribution in [3.8, 4) is 0 Å². The van der Waals surface area contributed by atoms with E-state index < -0.39 is 0 Å². The molecule has 3 rings (SSSR count). The lowest BCUT2D eigenvalue weighted by Gasteiger charge is -2.42. The molecule has 1 spiro atoms. The third-order valence-electron chi connectivity index (χ3n) is 4.79. The number of ether oxygens (including phenoxy) is 1. The molecule has 4 nitrogen and oxygen atoms in total. The van der Waals surface area contributed by atoms with Crippen LogP contribution < -0.4 is 0 Å². The highest BCUT2D eigenvalue weighted by molar-refractivity contribution is 5.78. The van der Waals surface area contributed by atoms with Gasteiger partial charge in [-0.05, 0) is 44.7 Å². The fourth-order valence-corrected chi connectivity index (χ4v) is 3.36. The molecule has 1 amide bonds. The Morgan fingerprint density at radius 1 is 1.36 bits per heavy atom. The first-order chi connectivity index (χ1) is 10.6. The van der Waals surface area contributed by atoms with E-state index in [1.165, 1.54) is 5.57 Å². The minimum absolute atomic E-state index is 0.125. The average Bonchev–Trinajstić information content (AvgIpc) is 2.50. The summed E-state index contributed by atoms with van der Waals surface area (Å²) in [6.45, 7) is 6.53. The van der Waals surface area contributed by atoms with Crippen LogP contribution in [0, 0.1) is 6.92 Å². The number of hydrogen-bond acceptors (Lipinski definition) is 3. The van der Waals surface area contributed by atoms with Crippen molar-refractivity contribution >= 4 is 5.91 Å². The van der Waals surface area contributed by atoms with Crippen molar-refractivity contribution in [1.29, 1.82) is 0 Å². The van der Waals surface area contributed by atoms with Crippen molar-refractivity contribution in [2.75, 3.05) is 19.7 Å². The van der Waals surface area contributed by atoms with E-state index >= 15 is 0 Å². The molecule has 118 valence electrons. The zero-order valence-corrected chi connectivity index (χ0v) is 13.5. The summed E-state index contributed by atoms with van der Waals surface area (Å²) in [5.41, 5.74) is 3.26. The van der Waals surface area contributed by atoms with Gasteiger partial charge in [0.1, 0.15) is 0 Å². The molecule has 0 N–H and O–H groups in total. The molecule has 0 aliphatic carbocycles. The maximum atomic E-state index is 12.5.